The molecule has 1 aromatic heterocycles. The average Bonchev–Trinajstić information content (AvgIpc) is 2.77. The van der Waals surface area contributed by atoms with Gasteiger partial charge >= 0.3 is 0 Å². The summed E-state index contributed by atoms with van der Waals surface area (Å²) in [5.74, 6) is -0.00298. The quantitative estimate of drug-likeness (QED) is 0.840. The van der Waals surface area contributed by atoms with Gasteiger partial charge in [0.25, 0.3) is 5.91 Å². The maximum absolute atomic E-state index is 12.2. The van der Waals surface area contributed by atoms with E-state index in [2.05, 4.69) is 5.10 Å². The Morgan fingerprint density at radius 3 is 2.84 bits per heavy atom. The van der Waals surface area contributed by atoms with E-state index in [1.807, 2.05) is 35.8 Å². The number of aromatic nitrogens is 2. The molecule has 0 aliphatic rings. The van der Waals surface area contributed by atoms with E-state index >= 15 is 0 Å². The molecule has 100 valence electrons. The van der Waals surface area contributed by atoms with Crippen LogP contribution in [0.2, 0.25) is 0 Å². The van der Waals surface area contributed by atoms with Gasteiger partial charge in [-0.1, -0.05) is 0 Å². The molecule has 2 rings (SSSR count). The Kier molecular flexibility index (Phi) is 4.08. The van der Waals surface area contributed by atoms with E-state index in [4.69, 9.17) is 0 Å². The number of phenols is 1. The molecule has 0 fully saturated rings. The zero-order valence-electron chi connectivity index (χ0n) is 10.7. The van der Waals surface area contributed by atoms with Gasteiger partial charge in [0.15, 0.2) is 0 Å². The SMILES string of the molecule is CN(Cc1cnn(C)c1)C(=O)c1ccc(I)c(O)c1. The smallest absolute Gasteiger partial charge is 0.254 e. The van der Waals surface area contributed by atoms with E-state index in [1.54, 1.807) is 35.0 Å². The molecule has 0 saturated heterocycles. The second-order valence-corrected chi connectivity index (χ2v) is 5.51. The van der Waals surface area contributed by atoms with Crippen molar-refractivity contribution in [3.8, 4) is 5.75 Å². The minimum absolute atomic E-state index is 0.126. The summed E-state index contributed by atoms with van der Waals surface area (Å²) >= 11 is 2.02. The maximum Gasteiger partial charge on any atom is 0.254 e. The van der Waals surface area contributed by atoms with E-state index in [-0.39, 0.29) is 11.7 Å². The van der Waals surface area contributed by atoms with E-state index in [0.717, 1.165) is 9.13 Å². The second kappa shape index (κ2) is 5.60. The molecular formula is C13H14IN3O2. The lowest BCUT2D eigenvalue weighted by Gasteiger charge is -2.16. The van der Waals surface area contributed by atoms with Crippen molar-refractivity contribution < 1.29 is 9.90 Å². The van der Waals surface area contributed by atoms with Gasteiger partial charge in [0.2, 0.25) is 0 Å². The molecular weight excluding hydrogens is 357 g/mol. The van der Waals surface area contributed by atoms with Crippen LogP contribution in [0.4, 0.5) is 0 Å². The largest absolute Gasteiger partial charge is 0.507 e. The molecule has 0 aliphatic carbocycles. The molecule has 5 nitrogen and oxygen atoms in total. The van der Waals surface area contributed by atoms with Crippen LogP contribution in [-0.4, -0.2) is 32.7 Å². The van der Waals surface area contributed by atoms with Crippen molar-refractivity contribution in [1.82, 2.24) is 14.7 Å². The fraction of sp³-hybridized carbons (Fsp3) is 0.231. The van der Waals surface area contributed by atoms with Crippen LogP contribution >= 0.6 is 22.6 Å². The topological polar surface area (TPSA) is 58.4 Å². The third-order valence-corrected chi connectivity index (χ3v) is 3.63. The number of benzene rings is 1. The van der Waals surface area contributed by atoms with Gasteiger partial charge in [0, 0.05) is 38.0 Å². The number of aromatic hydroxyl groups is 1. The van der Waals surface area contributed by atoms with Crippen LogP contribution in [0.15, 0.2) is 30.6 Å². The number of phenolic OH excluding ortho intramolecular Hbond substituents is 1. The Labute approximate surface area is 125 Å². The molecule has 19 heavy (non-hydrogen) atoms. The van der Waals surface area contributed by atoms with Crippen molar-refractivity contribution in [3.05, 3.63) is 45.3 Å². The van der Waals surface area contributed by atoms with Crippen molar-refractivity contribution in [2.75, 3.05) is 7.05 Å². The highest BCUT2D eigenvalue weighted by molar-refractivity contribution is 14.1. The highest BCUT2D eigenvalue weighted by Crippen LogP contribution is 2.21. The third kappa shape index (κ3) is 3.25. The molecule has 0 spiro atoms. The Balaban J connectivity index is 2.12. The summed E-state index contributed by atoms with van der Waals surface area (Å²) in [6.07, 6.45) is 3.60. The number of carbonyl (C=O) groups excluding carboxylic acids is 1. The third-order valence-electron chi connectivity index (χ3n) is 2.72. The normalized spacial score (nSPS) is 10.5. The van der Waals surface area contributed by atoms with Crippen molar-refractivity contribution in [3.63, 3.8) is 0 Å². The van der Waals surface area contributed by atoms with Crippen molar-refractivity contribution in [2.24, 2.45) is 7.05 Å². The number of nitrogens with zero attached hydrogens (tertiary/aromatic N) is 3. The molecule has 1 aromatic carbocycles. The molecule has 6 heteroatoms. The van der Waals surface area contributed by atoms with Crippen molar-refractivity contribution in [1.29, 1.82) is 0 Å². The predicted molar refractivity (Wildman–Crippen MR) is 79.8 cm³/mol. The second-order valence-electron chi connectivity index (χ2n) is 4.35. The molecule has 1 heterocycles. The average molecular weight is 371 g/mol. The zero-order valence-corrected chi connectivity index (χ0v) is 12.8. The first-order valence-electron chi connectivity index (χ1n) is 5.69. The Morgan fingerprint density at radius 1 is 1.53 bits per heavy atom. The van der Waals surface area contributed by atoms with E-state index < -0.39 is 0 Å². The highest BCUT2D eigenvalue weighted by Gasteiger charge is 2.14. The van der Waals surface area contributed by atoms with E-state index in [1.165, 1.54) is 6.07 Å². The van der Waals surface area contributed by atoms with Crippen molar-refractivity contribution in [2.45, 2.75) is 6.54 Å². The summed E-state index contributed by atoms with van der Waals surface area (Å²) in [5.41, 5.74) is 1.44. The highest BCUT2D eigenvalue weighted by atomic mass is 127. The summed E-state index contributed by atoms with van der Waals surface area (Å²) in [6.45, 7) is 0.486. The van der Waals surface area contributed by atoms with Gasteiger partial charge in [-0.15, -0.1) is 0 Å². The van der Waals surface area contributed by atoms with Gasteiger partial charge in [-0.05, 0) is 40.8 Å². The number of carbonyl (C=O) groups is 1. The van der Waals surface area contributed by atoms with Crippen LogP contribution in [0.25, 0.3) is 0 Å². The van der Waals surface area contributed by atoms with Gasteiger partial charge in [-0.2, -0.15) is 5.10 Å². The Morgan fingerprint density at radius 2 is 2.26 bits per heavy atom. The summed E-state index contributed by atoms with van der Waals surface area (Å²) in [5, 5.41) is 13.7. The maximum atomic E-state index is 12.2. The fourth-order valence-corrected chi connectivity index (χ4v) is 2.10. The van der Waals surface area contributed by atoms with Crippen LogP contribution in [0.1, 0.15) is 15.9 Å². The van der Waals surface area contributed by atoms with Crippen LogP contribution < -0.4 is 0 Å². The Bertz CT molecular complexity index is 610. The summed E-state index contributed by atoms with van der Waals surface area (Å²) in [6, 6.07) is 4.93. The lowest BCUT2D eigenvalue weighted by atomic mass is 10.2. The minimum atomic E-state index is -0.129. The summed E-state index contributed by atoms with van der Waals surface area (Å²) in [7, 11) is 3.56. The molecule has 1 amide bonds. The number of hydrogen-bond donors (Lipinski definition) is 1. The van der Waals surface area contributed by atoms with Gasteiger partial charge in [0.1, 0.15) is 5.75 Å². The van der Waals surface area contributed by atoms with E-state index in [0.29, 0.717) is 12.1 Å². The standard InChI is InChI=1S/C13H14IN3O2/c1-16(7-9-6-15-17(2)8-9)13(19)10-3-4-11(14)12(18)5-10/h3-6,8,18H,7H2,1-2H3. The molecule has 2 aromatic rings. The first-order valence-corrected chi connectivity index (χ1v) is 6.77. The number of rotatable bonds is 3. The molecule has 0 saturated carbocycles. The van der Waals surface area contributed by atoms with Crippen molar-refractivity contribution >= 4 is 28.5 Å². The molecule has 1 N–H and O–H groups in total. The number of amides is 1. The van der Waals surface area contributed by atoms with Crippen LogP contribution in [0, 0.1) is 3.57 Å². The zero-order chi connectivity index (χ0) is 14.0. The number of halogens is 1. The van der Waals surface area contributed by atoms with Gasteiger partial charge in [0.05, 0.1) is 9.77 Å². The van der Waals surface area contributed by atoms with E-state index in [9.17, 15) is 9.90 Å². The molecule has 0 aliphatic heterocycles. The summed E-state index contributed by atoms with van der Waals surface area (Å²) < 4.78 is 2.42. The monoisotopic (exact) mass is 371 g/mol. The lowest BCUT2D eigenvalue weighted by Crippen LogP contribution is -2.26. The van der Waals surface area contributed by atoms with Gasteiger partial charge in [-0.3, -0.25) is 9.48 Å². The first-order chi connectivity index (χ1) is 8.97. The molecule has 0 radical (unpaired) electrons. The molecule has 0 unspecified atom stereocenters. The van der Waals surface area contributed by atoms with Gasteiger partial charge < -0.3 is 10.0 Å². The van der Waals surface area contributed by atoms with Crippen LogP contribution in [0.3, 0.4) is 0 Å². The number of aryl methyl sites for hydroxylation is 1. The van der Waals surface area contributed by atoms with Gasteiger partial charge in [-0.25, -0.2) is 0 Å². The molecule has 0 atom stereocenters. The predicted octanol–water partition coefficient (Wildman–Crippen LogP) is 2.00. The number of hydrogen-bond acceptors (Lipinski definition) is 3. The van der Waals surface area contributed by atoms with Crippen LogP contribution in [-0.2, 0) is 13.6 Å². The minimum Gasteiger partial charge on any atom is -0.507 e. The lowest BCUT2D eigenvalue weighted by molar-refractivity contribution is 0.0784. The summed E-state index contributed by atoms with van der Waals surface area (Å²) in [4.78, 5) is 13.8. The fourth-order valence-electron chi connectivity index (χ4n) is 1.77. The Hall–Kier alpha value is -1.57. The van der Waals surface area contributed by atoms with Crippen LogP contribution in [0.5, 0.6) is 5.75 Å². The first kappa shape index (κ1) is 13.9. The molecule has 0 bridgehead atoms.